The van der Waals surface area contributed by atoms with Crippen LogP contribution in [0.1, 0.15) is 20.7 Å². The number of hydrogen-bond donors (Lipinski definition) is 0. The minimum absolute atomic E-state index is 0.0731. The van der Waals surface area contributed by atoms with Crippen molar-refractivity contribution in [3.8, 4) is 35.5 Å². The van der Waals surface area contributed by atoms with E-state index < -0.39 is 11.9 Å². The van der Waals surface area contributed by atoms with Crippen LogP contribution in [0.25, 0.3) is 0 Å². The lowest BCUT2D eigenvalue weighted by Gasteiger charge is -2.09. The fraction of sp³-hybridized carbons (Fsp3) is 0. The molecule has 0 aliphatic rings. The molecule has 0 saturated carbocycles. The number of benzene rings is 3. The fourth-order valence-corrected chi connectivity index (χ4v) is 2.84. The fourth-order valence-electron chi connectivity index (χ4n) is 2.42. The Labute approximate surface area is 191 Å². The van der Waals surface area contributed by atoms with Gasteiger partial charge in [0.1, 0.15) is 23.0 Å². The predicted octanol–water partition coefficient (Wildman–Crippen LogP) is 5.15. The van der Waals surface area contributed by atoms with E-state index >= 15 is 0 Å². The molecule has 3 aromatic rings. The Morgan fingerprint density at radius 1 is 0.656 bits per heavy atom. The number of nitrogens with zero attached hydrogens (tertiary/aromatic N) is 2. The molecule has 8 nitrogen and oxygen atoms in total. The van der Waals surface area contributed by atoms with Crippen LogP contribution in [0.3, 0.4) is 0 Å². The molecule has 3 aromatic carbocycles. The van der Waals surface area contributed by atoms with Crippen molar-refractivity contribution in [1.29, 1.82) is 10.5 Å². The van der Waals surface area contributed by atoms with E-state index in [1.165, 1.54) is 73.2 Å². The van der Waals surface area contributed by atoms with Crippen LogP contribution in [0.4, 0.5) is 0 Å². The van der Waals surface area contributed by atoms with Crippen LogP contribution in [-0.4, -0.2) is 11.9 Å². The minimum Gasteiger partial charge on any atom is -0.421 e. The van der Waals surface area contributed by atoms with Crippen LogP contribution in [0.2, 0.25) is 10.0 Å². The summed E-state index contributed by atoms with van der Waals surface area (Å²) in [5.41, 5.74) is 0.317. The normalized spacial score (nSPS) is 9.75. The molecule has 0 atom stereocenters. The molecule has 158 valence electrons. The van der Waals surface area contributed by atoms with Crippen LogP contribution in [0.5, 0.6) is 23.0 Å². The van der Waals surface area contributed by atoms with Crippen LogP contribution in [0.15, 0.2) is 60.7 Å². The largest absolute Gasteiger partial charge is 0.421 e. The van der Waals surface area contributed by atoms with Crippen molar-refractivity contribution >= 4 is 35.1 Å². The number of carbonyl (C=O) groups excluding carboxylic acids is 2. The van der Waals surface area contributed by atoms with Crippen molar-refractivity contribution in [2.24, 2.45) is 0 Å². The Kier molecular flexibility index (Phi) is 7.14. The molecule has 10 heteroatoms. The van der Waals surface area contributed by atoms with Gasteiger partial charge in [0, 0.05) is 12.1 Å². The van der Waals surface area contributed by atoms with E-state index in [2.05, 4.69) is 9.47 Å². The Hall–Kier alpha value is -4.24. The van der Waals surface area contributed by atoms with E-state index in [9.17, 15) is 9.59 Å². The maximum absolute atomic E-state index is 12.3. The lowest BCUT2D eigenvalue weighted by Crippen LogP contribution is -2.11. The summed E-state index contributed by atoms with van der Waals surface area (Å²) in [4.78, 5) is 24.7. The molecule has 0 N–H and O–H groups in total. The first kappa shape index (κ1) is 22.4. The molecule has 32 heavy (non-hydrogen) atoms. The highest BCUT2D eigenvalue weighted by molar-refractivity contribution is 6.32. The van der Waals surface area contributed by atoms with Gasteiger partial charge in [0.15, 0.2) is 0 Å². The van der Waals surface area contributed by atoms with Crippen molar-refractivity contribution in [3.05, 3.63) is 81.8 Å². The lowest BCUT2D eigenvalue weighted by molar-refractivity contribution is 0.0720. The standard InChI is InChI=1S/C22H10Cl2N2O6/c23-17-9-15(29-11-25)5-7-19(17)31-21(27)13-1-2-14(4-3-13)22(28)32-20-8-6-16(30-12-26)10-18(20)24/h1-10H. The number of halogens is 2. The van der Waals surface area contributed by atoms with Crippen molar-refractivity contribution in [2.45, 2.75) is 0 Å². The van der Waals surface area contributed by atoms with Crippen LogP contribution in [-0.2, 0) is 0 Å². The smallest absolute Gasteiger partial charge is 0.343 e. The van der Waals surface area contributed by atoms with Crippen molar-refractivity contribution in [1.82, 2.24) is 0 Å². The van der Waals surface area contributed by atoms with Crippen molar-refractivity contribution in [3.63, 3.8) is 0 Å². The summed E-state index contributed by atoms with van der Waals surface area (Å²) in [6, 6.07) is 13.8. The van der Waals surface area contributed by atoms with Gasteiger partial charge in [-0.1, -0.05) is 23.2 Å². The van der Waals surface area contributed by atoms with Crippen molar-refractivity contribution in [2.75, 3.05) is 0 Å². The monoisotopic (exact) mass is 468 g/mol. The molecule has 0 aliphatic heterocycles. The molecular weight excluding hydrogens is 459 g/mol. The number of esters is 2. The summed E-state index contributed by atoms with van der Waals surface area (Å²) in [7, 11) is 0. The van der Waals surface area contributed by atoms with Gasteiger partial charge in [-0.3, -0.25) is 0 Å². The topological polar surface area (TPSA) is 119 Å². The Morgan fingerprint density at radius 3 is 1.34 bits per heavy atom. The van der Waals surface area contributed by atoms with Gasteiger partial charge in [-0.2, -0.15) is 0 Å². The number of ether oxygens (including phenoxy) is 4. The second-order valence-electron chi connectivity index (χ2n) is 5.93. The minimum atomic E-state index is -0.711. The SMILES string of the molecule is N#COc1ccc(OC(=O)c2ccc(C(=O)Oc3ccc(OC#N)cc3Cl)cc2)c(Cl)c1. The Bertz CT molecular complexity index is 1160. The van der Waals surface area contributed by atoms with Crippen LogP contribution >= 0.6 is 23.2 Å². The average molecular weight is 469 g/mol. The zero-order chi connectivity index (χ0) is 23.1. The zero-order valence-electron chi connectivity index (χ0n) is 15.9. The Balaban J connectivity index is 1.67. The zero-order valence-corrected chi connectivity index (χ0v) is 17.4. The first-order valence-electron chi connectivity index (χ1n) is 8.66. The highest BCUT2D eigenvalue weighted by Crippen LogP contribution is 2.30. The highest BCUT2D eigenvalue weighted by Gasteiger charge is 2.15. The summed E-state index contributed by atoms with van der Waals surface area (Å²) >= 11 is 12.0. The second-order valence-corrected chi connectivity index (χ2v) is 6.74. The molecular formula is C22H10Cl2N2O6. The second kappa shape index (κ2) is 10.2. The molecule has 0 radical (unpaired) electrons. The van der Waals surface area contributed by atoms with Gasteiger partial charge in [0.2, 0.25) is 0 Å². The van der Waals surface area contributed by atoms with Gasteiger partial charge in [-0.25, -0.2) is 9.59 Å². The van der Waals surface area contributed by atoms with E-state index in [1.54, 1.807) is 0 Å². The van der Waals surface area contributed by atoms with E-state index in [-0.39, 0.29) is 44.2 Å². The predicted molar refractivity (Wildman–Crippen MR) is 112 cm³/mol. The summed E-state index contributed by atoms with van der Waals surface area (Å²) in [5, 5.41) is 17.2. The number of hydrogen-bond acceptors (Lipinski definition) is 8. The molecule has 0 unspecified atom stereocenters. The molecule has 0 heterocycles. The first-order chi connectivity index (χ1) is 15.4. The Morgan fingerprint density at radius 2 is 1.03 bits per heavy atom. The third kappa shape index (κ3) is 5.46. The summed E-state index contributed by atoms with van der Waals surface area (Å²) in [5.74, 6) is -0.874. The van der Waals surface area contributed by atoms with E-state index in [0.29, 0.717) is 0 Å². The maximum atomic E-state index is 12.3. The van der Waals surface area contributed by atoms with E-state index in [1.807, 2.05) is 0 Å². The molecule has 0 saturated heterocycles. The maximum Gasteiger partial charge on any atom is 0.343 e. The van der Waals surface area contributed by atoms with Crippen LogP contribution in [0, 0.1) is 23.0 Å². The van der Waals surface area contributed by atoms with Gasteiger partial charge in [0.05, 0.1) is 21.2 Å². The van der Waals surface area contributed by atoms with Gasteiger partial charge < -0.3 is 18.9 Å². The molecule has 0 aliphatic carbocycles. The molecule has 0 aromatic heterocycles. The van der Waals surface area contributed by atoms with Gasteiger partial charge in [-0.15, -0.1) is 10.5 Å². The van der Waals surface area contributed by atoms with Crippen LogP contribution < -0.4 is 18.9 Å². The first-order valence-corrected chi connectivity index (χ1v) is 9.42. The lowest BCUT2D eigenvalue weighted by atomic mass is 10.1. The molecule has 0 spiro atoms. The summed E-state index contributed by atoms with van der Waals surface area (Å²) < 4.78 is 19.7. The number of nitriles is 2. The van der Waals surface area contributed by atoms with Crippen molar-refractivity contribution < 1.29 is 28.5 Å². The third-order valence-corrected chi connectivity index (χ3v) is 4.49. The summed E-state index contributed by atoms with van der Waals surface area (Å²) in [6.07, 6.45) is 3.02. The quantitative estimate of drug-likeness (QED) is 0.276. The number of carbonyl (C=O) groups is 2. The third-order valence-electron chi connectivity index (χ3n) is 3.90. The van der Waals surface area contributed by atoms with Gasteiger partial charge in [0.25, 0.3) is 12.5 Å². The molecule has 0 fully saturated rings. The average Bonchev–Trinajstić information content (AvgIpc) is 2.78. The van der Waals surface area contributed by atoms with Gasteiger partial charge >= 0.3 is 11.9 Å². The van der Waals surface area contributed by atoms with E-state index in [0.717, 1.165) is 0 Å². The summed E-state index contributed by atoms with van der Waals surface area (Å²) in [6.45, 7) is 0. The van der Waals surface area contributed by atoms with Gasteiger partial charge in [-0.05, 0) is 48.5 Å². The molecule has 0 bridgehead atoms. The number of rotatable bonds is 6. The highest BCUT2D eigenvalue weighted by atomic mass is 35.5. The molecule has 0 amide bonds. The van der Waals surface area contributed by atoms with E-state index in [4.69, 9.17) is 43.2 Å². The molecule has 3 rings (SSSR count).